The Morgan fingerprint density at radius 3 is 2.68 bits per heavy atom. The number of carboxylic acid groups (broad SMARTS) is 1. The van der Waals surface area contributed by atoms with Gasteiger partial charge in [-0.3, -0.25) is 0 Å². The molecule has 0 unspecified atom stereocenters. The Morgan fingerprint density at radius 2 is 2.16 bits per heavy atom. The second-order valence-corrected chi connectivity index (χ2v) is 5.83. The molecule has 19 heavy (non-hydrogen) atoms. The minimum atomic E-state index is -1.01. The molecule has 2 rings (SSSR count). The summed E-state index contributed by atoms with van der Waals surface area (Å²) >= 11 is 6.16. The number of aromatic nitrogens is 1. The van der Waals surface area contributed by atoms with Crippen LogP contribution in [0.3, 0.4) is 0 Å². The van der Waals surface area contributed by atoms with Crippen molar-refractivity contribution in [2.75, 3.05) is 18.0 Å². The summed E-state index contributed by atoms with van der Waals surface area (Å²) in [5, 5.41) is 9.32. The Kier molecular flexibility index (Phi) is 3.99. The predicted octanol–water partition coefficient (Wildman–Crippen LogP) is 3.45. The fourth-order valence-electron chi connectivity index (χ4n) is 2.43. The summed E-state index contributed by atoms with van der Waals surface area (Å²) in [6.07, 6.45) is 4.84. The number of anilines is 1. The number of halogens is 1. The lowest BCUT2D eigenvalue weighted by atomic mass is 9.78. The Bertz CT molecular complexity index is 482. The van der Waals surface area contributed by atoms with Crippen molar-refractivity contribution in [1.82, 2.24) is 4.98 Å². The number of piperidine rings is 1. The van der Waals surface area contributed by atoms with Crippen LogP contribution in [0.25, 0.3) is 0 Å². The smallest absolute Gasteiger partial charge is 0.337 e. The Morgan fingerprint density at radius 1 is 1.53 bits per heavy atom. The predicted molar refractivity (Wildman–Crippen MR) is 76.1 cm³/mol. The summed E-state index contributed by atoms with van der Waals surface area (Å²) < 4.78 is 0. The molecule has 1 N–H and O–H groups in total. The lowest BCUT2D eigenvalue weighted by molar-refractivity contribution is 0.0697. The molecule has 0 amide bonds. The van der Waals surface area contributed by atoms with E-state index in [1.807, 2.05) is 0 Å². The van der Waals surface area contributed by atoms with E-state index in [1.165, 1.54) is 12.3 Å². The van der Waals surface area contributed by atoms with Crippen LogP contribution in [0, 0.1) is 5.41 Å². The van der Waals surface area contributed by atoms with Gasteiger partial charge >= 0.3 is 5.97 Å². The molecule has 0 radical (unpaired) electrons. The van der Waals surface area contributed by atoms with E-state index in [9.17, 15) is 4.79 Å². The van der Waals surface area contributed by atoms with E-state index in [1.54, 1.807) is 0 Å². The van der Waals surface area contributed by atoms with E-state index in [-0.39, 0.29) is 10.6 Å². The third-order valence-electron chi connectivity index (χ3n) is 4.22. The van der Waals surface area contributed by atoms with E-state index < -0.39 is 5.97 Å². The van der Waals surface area contributed by atoms with Crippen molar-refractivity contribution in [1.29, 1.82) is 0 Å². The molecule has 1 aliphatic heterocycles. The van der Waals surface area contributed by atoms with Gasteiger partial charge in [-0.1, -0.05) is 31.9 Å². The van der Waals surface area contributed by atoms with Gasteiger partial charge in [-0.15, -0.1) is 0 Å². The number of carboxylic acids is 1. The molecule has 4 nitrogen and oxygen atoms in total. The topological polar surface area (TPSA) is 53.4 Å². The first-order valence-electron chi connectivity index (χ1n) is 6.59. The van der Waals surface area contributed by atoms with Gasteiger partial charge in [0.1, 0.15) is 5.82 Å². The largest absolute Gasteiger partial charge is 0.478 e. The number of pyridine rings is 1. The van der Waals surface area contributed by atoms with E-state index in [0.29, 0.717) is 11.2 Å². The van der Waals surface area contributed by atoms with E-state index in [0.717, 1.165) is 32.4 Å². The Hall–Kier alpha value is -1.29. The number of nitrogens with zero attached hydrogens (tertiary/aromatic N) is 2. The molecular formula is C14H19ClN2O2. The lowest BCUT2D eigenvalue weighted by Gasteiger charge is -2.39. The summed E-state index contributed by atoms with van der Waals surface area (Å²) in [5.41, 5.74) is 0.503. The molecular weight excluding hydrogens is 264 g/mol. The molecule has 5 heteroatoms. The normalized spacial score (nSPS) is 18.4. The second-order valence-electron chi connectivity index (χ2n) is 5.45. The van der Waals surface area contributed by atoms with Crippen molar-refractivity contribution < 1.29 is 9.90 Å². The van der Waals surface area contributed by atoms with Crippen molar-refractivity contribution in [3.63, 3.8) is 0 Å². The van der Waals surface area contributed by atoms with Crippen LogP contribution in [-0.2, 0) is 0 Å². The molecule has 0 aliphatic carbocycles. The standard InChI is InChI=1S/C14H19ClN2O2/c1-3-14(2)5-8-17(9-6-14)12-11(15)10(13(18)19)4-7-16-12/h4,7H,3,5-6,8-9H2,1-2H3,(H,18,19). The van der Waals surface area contributed by atoms with Crippen molar-refractivity contribution >= 4 is 23.4 Å². The second kappa shape index (κ2) is 5.37. The molecule has 0 spiro atoms. The van der Waals surface area contributed by atoms with Crippen LogP contribution in [0.1, 0.15) is 43.5 Å². The molecule has 1 aromatic rings. The van der Waals surface area contributed by atoms with Crippen LogP contribution in [0.4, 0.5) is 5.82 Å². The third-order valence-corrected chi connectivity index (χ3v) is 4.60. The zero-order chi connectivity index (χ0) is 14.0. The molecule has 0 bridgehead atoms. The summed E-state index contributed by atoms with van der Waals surface area (Å²) in [7, 11) is 0. The maximum Gasteiger partial charge on any atom is 0.337 e. The van der Waals surface area contributed by atoms with Crippen molar-refractivity contribution in [2.45, 2.75) is 33.1 Å². The summed E-state index contributed by atoms with van der Waals surface area (Å²) in [4.78, 5) is 17.4. The van der Waals surface area contributed by atoms with Gasteiger partial charge in [0.2, 0.25) is 0 Å². The highest BCUT2D eigenvalue weighted by Crippen LogP contribution is 2.37. The first-order chi connectivity index (χ1) is 8.97. The fourth-order valence-corrected chi connectivity index (χ4v) is 2.74. The van der Waals surface area contributed by atoms with Crippen LogP contribution >= 0.6 is 11.6 Å². The molecule has 0 aromatic carbocycles. The first kappa shape index (κ1) is 14.1. The summed E-state index contributed by atoms with van der Waals surface area (Å²) in [5.74, 6) is -0.413. The summed E-state index contributed by atoms with van der Waals surface area (Å²) in [6.45, 7) is 6.26. The monoisotopic (exact) mass is 282 g/mol. The lowest BCUT2D eigenvalue weighted by Crippen LogP contribution is -2.39. The highest BCUT2D eigenvalue weighted by molar-refractivity contribution is 6.35. The van der Waals surface area contributed by atoms with Crippen LogP contribution < -0.4 is 4.90 Å². The van der Waals surface area contributed by atoms with Crippen LogP contribution in [-0.4, -0.2) is 29.1 Å². The first-order valence-corrected chi connectivity index (χ1v) is 6.97. The molecule has 1 saturated heterocycles. The van der Waals surface area contributed by atoms with E-state index in [2.05, 4.69) is 23.7 Å². The quantitative estimate of drug-likeness (QED) is 0.922. The summed E-state index contributed by atoms with van der Waals surface area (Å²) in [6, 6.07) is 1.44. The molecule has 1 aliphatic rings. The van der Waals surface area contributed by atoms with Gasteiger partial charge in [0.25, 0.3) is 0 Å². The van der Waals surface area contributed by atoms with Gasteiger partial charge in [0.05, 0.1) is 10.6 Å². The number of hydrogen-bond donors (Lipinski definition) is 1. The van der Waals surface area contributed by atoms with Crippen molar-refractivity contribution in [3.8, 4) is 0 Å². The van der Waals surface area contributed by atoms with Gasteiger partial charge in [0.15, 0.2) is 0 Å². The highest BCUT2D eigenvalue weighted by Gasteiger charge is 2.30. The van der Waals surface area contributed by atoms with Gasteiger partial charge in [-0.25, -0.2) is 9.78 Å². The minimum Gasteiger partial charge on any atom is -0.478 e. The van der Waals surface area contributed by atoms with Gasteiger partial charge in [-0.05, 0) is 24.3 Å². The van der Waals surface area contributed by atoms with Crippen molar-refractivity contribution in [3.05, 3.63) is 22.8 Å². The van der Waals surface area contributed by atoms with Crippen LogP contribution in [0.5, 0.6) is 0 Å². The van der Waals surface area contributed by atoms with Crippen LogP contribution in [0.15, 0.2) is 12.3 Å². The fraction of sp³-hybridized carbons (Fsp3) is 0.571. The van der Waals surface area contributed by atoms with Crippen LogP contribution in [0.2, 0.25) is 5.02 Å². The molecule has 0 saturated carbocycles. The maximum atomic E-state index is 11.1. The Balaban J connectivity index is 2.21. The zero-order valence-electron chi connectivity index (χ0n) is 11.3. The molecule has 2 heterocycles. The minimum absolute atomic E-state index is 0.121. The number of rotatable bonds is 3. The molecule has 104 valence electrons. The average Bonchev–Trinajstić information content (AvgIpc) is 2.40. The number of aromatic carboxylic acids is 1. The molecule has 0 atom stereocenters. The van der Waals surface area contributed by atoms with E-state index in [4.69, 9.17) is 16.7 Å². The van der Waals surface area contributed by atoms with Gasteiger partial charge < -0.3 is 10.0 Å². The van der Waals surface area contributed by atoms with Crippen molar-refractivity contribution in [2.24, 2.45) is 5.41 Å². The van der Waals surface area contributed by atoms with Gasteiger partial charge in [0, 0.05) is 19.3 Å². The van der Waals surface area contributed by atoms with Gasteiger partial charge in [-0.2, -0.15) is 0 Å². The average molecular weight is 283 g/mol. The highest BCUT2D eigenvalue weighted by atomic mass is 35.5. The molecule has 1 fully saturated rings. The Labute approximate surface area is 118 Å². The third kappa shape index (κ3) is 2.84. The number of hydrogen-bond acceptors (Lipinski definition) is 3. The maximum absolute atomic E-state index is 11.1. The number of carbonyl (C=O) groups is 1. The molecule has 1 aromatic heterocycles. The van der Waals surface area contributed by atoms with E-state index >= 15 is 0 Å². The zero-order valence-corrected chi connectivity index (χ0v) is 12.1. The SMILES string of the molecule is CCC1(C)CCN(c2nccc(C(=O)O)c2Cl)CC1.